The van der Waals surface area contributed by atoms with E-state index in [-0.39, 0.29) is 23.8 Å². The van der Waals surface area contributed by atoms with Gasteiger partial charge in [-0.1, -0.05) is 35.9 Å². The summed E-state index contributed by atoms with van der Waals surface area (Å²) in [6.07, 6.45) is 3.07. The van der Waals surface area contributed by atoms with E-state index in [9.17, 15) is 4.79 Å². The molecule has 0 radical (unpaired) electrons. The third-order valence-corrected chi connectivity index (χ3v) is 5.62. The largest absolute Gasteiger partial charge is 0.489 e. The van der Waals surface area contributed by atoms with Crippen molar-refractivity contribution in [2.45, 2.75) is 38.2 Å². The number of ether oxygens (including phenoxy) is 2. The number of anilines is 1. The van der Waals surface area contributed by atoms with Gasteiger partial charge in [-0.05, 0) is 61.4 Å². The van der Waals surface area contributed by atoms with Gasteiger partial charge >= 0.3 is 0 Å². The Kier molecular flexibility index (Phi) is 5.37. The van der Waals surface area contributed by atoms with Crippen LogP contribution in [0.5, 0.6) is 5.75 Å². The zero-order chi connectivity index (χ0) is 18.8. The van der Waals surface area contributed by atoms with E-state index in [0.29, 0.717) is 18.0 Å². The van der Waals surface area contributed by atoms with E-state index in [1.54, 1.807) is 0 Å². The van der Waals surface area contributed by atoms with Crippen molar-refractivity contribution < 1.29 is 14.3 Å². The summed E-state index contributed by atoms with van der Waals surface area (Å²) in [7, 11) is 0. The van der Waals surface area contributed by atoms with E-state index in [0.717, 1.165) is 42.0 Å². The standard InChI is InChI=1S/C22H24ClNO3/c1-14-8-9-20(21(11-14)27-13-15-5-4-10-26-15)24-22(25)18-12-17(18)16-6-2-3-7-19(16)23/h2-3,6-9,11,15,17-18H,4-5,10,12-13H2,1H3,(H,24,25). The Morgan fingerprint density at radius 1 is 1.30 bits per heavy atom. The molecule has 0 spiro atoms. The molecule has 1 N–H and O–H groups in total. The maximum Gasteiger partial charge on any atom is 0.228 e. The number of aryl methyl sites for hydroxylation is 1. The maximum atomic E-state index is 12.7. The Bertz CT molecular complexity index is 832. The van der Waals surface area contributed by atoms with Crippen molar-refractivity contribution in [1.29, 1.82) is 0 Å². The Balaban J connectivity index is 1.41. The second kappa shape index (κ2) is 7.91. The van der Waals surface area contributed by atoms with Gasteiger partial charge in [-0.15, -0.1) is 0 Å². The van der Waals surface area contributed by atoms with Crippen molar-refractivity contribution in [3.63, 3.8) is 0 Å². The molecule has 4 nitrogen and oxygen atoms in total. The zero-order valence-electron chi connectivity index (χ0n) is 15.4. The first-order chi connectivity index (χ1) is 13.1. The summed E-state index contributed by atoms with van der Waals surface area (Å²) in [6.45, 7) is 3.33. The van der Waals surface area contributed by atoms with E-state index in [1.807, 2.05) is 49.4 Å². The van der Waals surface area contributed by atoms with Gasteiger partial charge in [0.15, 0.2) is 0 Å². The van der Waals surface area contributed by atoms with Crippen LogP contribution in [0.15, 0.2) is 42.5 Å². The Hall–Kier alpha value is -2.04. The van der Waals surface area contributed by atoms with E-state index in [2.05, 4.69) is 5.32 Å². The van der Waals surface area contributed by atoms with Crippen LogP contribution in [0.25, 0.3) is 0 Å². The number of nitrogens with one attached hydrogen (secondary N) is 1. The summed E-state index contributed by atoms with van der Waals surface area (Å²) in [5.74, 6) is 0.872. The first kappa shape index (κ1) is 18.3. The summed E-state index contributed by atoms with van der Waals surface area (Å²) >= 11 is 6.27. The minimum Gasteiger partial charge on any atom is -0.489 e. The monoisotopic (exact) mass is 385 g/mol. The Labute approximate surface area is 164 Å². The Morgan fingerprint density at radius 3 is 2.93 bits per heavy atom. The van der Waals surface area contributed by atoms with E-state index < -0.39 is 0 Å². The number of rotatable bonds is 6. The quantitative estimate of drug-likeness (QED) is 0.765. The third-order valence-electron chi connectivity index (χ3n) is 5.28. The number of carbonyl (C=O) groups excluding carboxylic acids is 1. The highest BCUT2D eigenvalue weighted by molar-refractivity contribution is 6.31. The molecule has 1 amide bonds. The van der Waals surface area contributed by atoms with E-state index in [4.69, 9.17) is 21.1 Å². The van der Waals surface area contributed by atoms with Crippen LogP contribution < -0.4 is 10.1 Å². The van der Waals surface area contributed by atoms with E-state index >= 15 is 0 Å². The van der Waals surface area contributed by atoms with Crippen LogP contribution in [0.2, 0.25) is 5.02 Å². The van der Waals surface area contributed by atoms with Crippen LogP contribution in [0, 0.1) is 12.8 Å². The Morgan fingerprint density at radius 2 is 2.15 bits per heavy atom. The highest BCUT2D eigenvalue weighted by Gasteiger charge is 2.45. The van der Waals surface area contributed by atoms with Crippen molar-refractivity contribution in [2.75, 3.05) is 18.5 Å². The molecule has 4 rings (SSSR count). The lowest BCUT2D eigenvalue weighted by Crippen LogP contribution is -2.19. The maximum absolute atomic E-state index is 12.7. The van der Waals surface area contributed by atoms with Crippen LogP contribution in [-0.2, 0) is 9.53 Å². The number of halogens is 1. The van der Waals surface area contributed by atoms with Crippen LogP contribution in [0.3, 0.4) is 0 Å². The third kappa shape index (κ3) is 4.28. The first-order valence-corrected chi connectivity index (χ1v) is 9.90. The molecular weight excluding hydrogens is 362 g/mol. The molecule has 3 atom stereocenters. The normalized spacial score (nSPS) is 23.9. The molecule has 142 valence electrons. The molecule has 5 heteroatoms. The second-order valence-electron chi connectivity index (χ2n) is 7.41. The summed E-state index contributed by atoms with van der Waals surface area (Å²) in [5, 5.41) is 3.78. The molecule has 1 saturated heterocycles. The zero-order valence-corrected chi connectivity index (χ0v) is 16.2. The molecule has 2 aromatic carbocycles. The summed E-state index contributed by atoms with van der Waals surface area (Å²) in [6, 6.07) is 13.6. The molecule has 3 unspecified atom stereocenters. The van der Waals surface area contributed by atoms with Gasteiger partial charge in [0, 0.05) is 17.5 Å². The predicted octanol–water partition coefficient (Wildman–Crippen LogP) is 4.95. The molecular formula is C22H24ClNO3. The average Bonchev–Trinajstić information content (AvgIpc) is 3.28. The second-order valence-corrected chi connectivity index (χ2v) is 7.81. The van der Waals surface area contributed by atoms with Crippen LogP contribution >= 0.6 is 11.6 Å². The van der Waals surface area contributed by atoms with Crippen molar-refractivity contribution in [3.05, 3.63) is 58.6 Å². The van der Waals surface area contributed by atoms with Gasteiger partial charge in [-0.2, -0.15) is 0 Å². The van der Waals surface area contributed by atoms with Crippen molar-refractivity contribution in [1.82, 2.24) is 0 Å². The molecule has 0 bridgehead atoms. The summed E-state index contributed by atoms with van der Waals surface area (Å²) in [5.41, 5.74) is 2.86. The number of benzene rings is 2. The van der Waals surface area contributed by atoms with Crippen LogP contribution in [0.1, 0.15) is 36.3 Å². The minimum absolute atomic E-state index is 0.0192. The molecule has 1 heterocycles. The highest BCUT2D eigenvalue weighted by atomic mass is 35.5. The van der Waals surface area contributed by atoms with Crippen LogP contribution in [-0.4, -0.2) is 25.2 Å². The average molecular weight is 386 g/mol. The summed E-state index contributed by atoms with van der Waals surface area (Å²) < 4.78 is 11.6. The SMILES string of the molecule is Cc1ccc(NC(=O)C2CC2c2ccccc2Cl)c(OCC2CCCO2)c1. The number of hydrogen-bond donors (Lipinski definition) is 1. The lowest BCUT2D eigenvalue weighted by molar-refractivity contribution is -0.117. The van der Waals surface area contributed by atoms with Crippen LogP contribution in [0.4, 0.5) is 5.69 Å². The predicted molar refractivity (Wildman–Crippen MR) is 107 cm³/mol. The molecule has 0 aromatic heterocycles. The van der Waals surface area contributed by atoms with Gasteiger partial charge in [-0.25, -0.2) is 0 Å². The fourth-order valence-electron chi connectivity index (χ4n) is 3.64. The molecule has 2 aromatic rings. The molecule has 1 aliphatic heterocycles. The molecule has 1 aliphatic carbocycles. The summed E-state index contributed by atoms with van der Waals surface area (Å²) in [4.78, 5) is 12.7. The fraction of sp³-hybridized carbons (Fsp3) is 0.409. The van der Waals surface area contributed by atoms with Gasteiger partial charge < -0.3 is 14.8 Å². The van der Waals surface area contributed by atoms with Gasteiger partial charge in [0.1, 0.15) is 12.4 Å². The van der Waals surface area contributed by atoms with Gasteiger partial charge in [-0.3, -0.25) is 4.79 Å². The molecule has 2 fully saturated rings. The van der Waals surface area contributed by atoms with Crippen molar-refractivity contribution >= 4 is 23.2 Å². The first-order valence-electron chi connectivity index (χ1n) is 9.52. The van der Waals surface area contributed by atoms with Gasteiger partial charge in [0.25, 0.3) is 0 Å². The molecule has 2 aliphatic rings. The number of carbonyl (C=O) groups is 1. The highest BCUT2D eigenvalue weighted by Crippen LogP contribution is 2.50. The number of amides is 1. The molecule has 1 saturated carbocycles. The lowest BCUT2D eigenvalue weighted by atomic mass is 10.1. The minimum atomic E-state index is -0.0442. The topological polar surface area (TPSA) is 47.6 Å². The number of hydrogen-bond acceptors (Lipinski definition) is 3. The van der Waals surface area contributed by atoms with Crippen molar-refractivity contribution in [2.24, 2.45) is 5.92 Å². The van der Waals surface area contributed by atoms with Gasteiger partial charge in [0.05, 0.1) is 11.8 Å². The lowest BCUT2D eigenvalue weighted by Gasteiger charge is -2.16. The smallest absolute Gasteiger partial charge is 0.228 e. The van der Waals surface area contributed by atoms with Crippen molar-refractivity contribution in [3.8, 4) is 5.75 Å². The van der Waals surface area contributed by atoms with Gasteiger partial charge in [0.2, 0.25) is 5.91 Å². The van der Waals surface area contributed by atoms with E-state index in [1.165, 1.54) is 0 Å². The molecule has 27 heavy (non-hydrogen) atoms. The fourth-order valence-corrected chi connectivity index (χ4v) is 3.92.